The van der Waals surface area contributed by atoms with E-state index in [1.165, 1.54) is 0 Å². The van der Waals surface area contributed by atoms with Gasteiger partial charge in [0.15, 0.2) is 0 Å². The fourth-order valence-electron chi connectivity index (χ4n) is 2.14. The maximum Gasteiger partial charge on any atom is 0.142 e. The second kappa shape index (κ2) is 4.01. The lowest BCUT2D eigenvalue weighted by molar-refractivity contribution is -0.132. The Labute approximate surface area is 87.5 Å². The van der Waals surface area contributed by atoms with Gasteiger partial charge in [0.05, 0.1) is 0 Å². The molecule has 0 aliphatic carbocycles. The Morgan fingerprint density at radius 2 is 1.86 bits per heavy atom. The molecule has 1 saturated heterocycles. The number of carbonyl (C=O) groups is 1. The summed E-state index contributed by atoms with van der Waals surface area (Å²) < 4.78 is 0. The number of rotatable bonds is 1. The molecule has 1 aliphatic heterocycles. The first-order chi connectivity index (χ1) is 6.32. The Morgan fingerprint density at radius 1 is 1.29 bits per heavy atom. The van der Waals surface area contributed by atoms with Crippen LogP contribution in [0.25, 0.3) is 0 Å². The second-order valence-corrected chi connectivity index (χ2v) is 5.76. The summed E-state index contributed by atoms with van der Waals surface area (Å²) in [5, 5.41) is 3.41. The van der Waals surface area contributed by atoms with Gasteiger partial charge >= 0.3 is 0 Å². The number of hydrogen-bond donors (Lipinski definition) is 1. The van der Waals surface area contributed by atoms with Crippen molar-refractivity contribution in [3.05, 3.63) is 0 Å². The van der Waals surface area contributed by atoms with Gasteiger partial charge in [-0.15, -0.1) is 0 Å². The number of ketones is 1. The van der Waals surface area contributed by atoms with E-state index >= 15 is 0 Å². The van der Waals surface area contributed by atoms with Gasteiger partial charge in [0.25, 0.3) is 0 Å². The molecule has 1 N–H and O–H groups in total. The predicted octanol–water partition coefficient (Wildman–Crippen LogP) is 2.24. The molecule has 0 spiro atoms. The minimum atomic E-state index is -0.197. The summed E-state index contributed by atoms with van der Waals surface area (Å²) in [7, 11) is 0. The Bertz CT molecular complexity index is 217. The molecule has 1 heterocycles. The molecule has 0 bridgehead atoms. The fourth-order valence-corrected chi connectivity index (χ4v) is 2.14. The third kappa shape index (κ3) is 2.57. The van der Waals surface area contributed by atoms with Crippen molar-refractivity contribution in [2.24, 2.45) is 17.3 Å². The van der Waals surface area contributed by atoms with Crippen molar-refractivity contribution in [2.45, 2.75) is 47.1 Å². The third-order valence-electron chi connectivity index (χ3n) is 3.12. The molecule has 0 aromatic heterocycles. The van der Waals surface area contributed by atoms with Crippen LogP contribution in [0.5, 0.6) is 0 Å². The summed E-state index contributed by atoms with van der Waals surface area (Å²) in [5.41, 5.74) is -0.197. The van der Waals surface area contributed by atoms with E-state index in [-0.39, 0.29) is 11.3 Å². The van der Waals surface area contributed by atoms with Gasteiger partial charge in [-0.1, -0.05) is 27.7 Å². The number of Topliss-reactive ketones (excluding diaryl/α,β-unsaturated/α-hetero) is 1. The minimum absolute atomic E-state index is 0.197. The van der Waals surface area contributed by atoms with Crippen LogP contribution >= 0.6 is 0 Å². The number of nitrogens with one attached hydrogen (secondary N) is 1. The van der Waals surface area contributed by atoms with E-state index in [0.29, 0.717) is 17.7 Å². The first-order valence-electron chi connectivity index (χ1n) is 5.60. The number of piperidine rings is 1. The quantitative estimate of drug-likeness (QED) is 0.698. The second-order valence-electron chi connectivity index (χ2n) is 5.76. The standard InChI is InChI=1S/C12H23NO/c1-8-6-10(9(2)13-7-8)11(14)12(3,4)5/h8-10,13H,6-7H2,1-5H3. The summed E-state index contributed by atoms with van der Waals surface area (Å²) >= 11 is 0. The molecular formula is C12H23NO. The Balaban J connectivity index is 2.70. The zero-order valence-corrected chi connectivity index (χ0v) is 10.1. The Morgan fingerprint density at radius 3 is 2.36 bits per heavy atom. The van der Waals surface area contributed by atoms with Gasteiger partial charge in [-0.2, -0.15) is 0 Å². The average molecular weight is 197 g/mol. The molecule has 82 valence electrons. The van der Waals surface area contributed by atoms with Crippen LogP contribution < -0.4 is 5.32 Å². The topological polar surface area (TPSA) is 29.1 Å². The molecule has 0 radical (unpaired) electrons. The van der Waals surface area contributed by atoms with E-state index < -0.39 is 0 Å². The van der Waals surface area contributed by atoms with Gasteiger partial charge in [-0.25, -0.2) is 0 Å². The third-order valence-corrected chi connectivity index (χ3v) is 3.12. The average Bonchev–Trinajstić information content (AvgIpc) is 2.06. The van der Waals surface area contributed by atoms with Crippen LogP contribution in [0.4, 0.5) is 0 Å². The van der Waals surface area contributed by atoms with Crippen LogP contribution in [0.15, 0.2) is 0 Å². The van der Waals surface area contributed by atoms with Crippen LogP contribution in [0.3, 0.4) is 0 Å². The Hall–Kier alpha value is -0.370. The largest absolute Gasteiger partial charge is 0.313 e. The molecule has 1 aliphatic rings. The van der Waals surface area contributed by atoms with E-state index in [0.717, 1.165) is 13.0 Å². The van der Waals surface area contributed by atoms with Crippen molar-refractivity contribution >= 4 is 5.78 Å². The zero-order valence-electron chi connectivity index (χ0n) is 10.1. The van der Waals surface area contributed by atoms with Crippen molar-refractivity contribution in [1.82, 2.24) is 5.32 Å². The highest BCUT2D eigenvalue weighted by Crippen LogP contribution is 2.29. The highest BCUT2D eigenvalue weighted by molar-refractivity contribution is 5.86. The maximum absolute atomic E-state index is 12.1. The molecule has 0 aromatic rings. The summed E-state index contributed by atoms with van der Waals surface area (Å²) in [6.07, 6.45) is 1.05. The number of carbonyl (C=O) groups excluding carboxylic acids is 1. The van der Waals surface area contributed by atoms with Crippen molar-refractivity contribution in [1.29, 1.82) is 0 Å². The SMILES string of the molecule is CC1CNC(C)C(C(=O)C(C)(C)C)C1. The van der Waals surface area contributed by atoms with Crippen LogP contribution in [-0.2, 0) is 4.79 Å². The van der Waals surface area contributed by atoms with Gasteiger partial charge in [0.1, 0.15) is 5.78 Å². The van der Waals surface area contributed by atoms with Gasteiger partial charge in [-0.05, 0) is 25.8 Å². The molecule has 14 heavy (non-hydrogen) atoms. The molecule has 2 heteroatoms. The molecule has 0 aromatic carbocycles. The van der Waals surface area contributed by atoms with Crippen LogP contribution in [-0.4, -0.2) is 18.4 Å². The van der Waals surface area contributed by atoms with E-state index in [4.69, 9.17) is 0 Å². The van der Waals surface area contributed by atoms with E-state index in [1.54, 1.807) is 0 Å². The maximum atomic E-state index is 12.1. The van der Waals surface area contributed by atoms with E-state index in [2.05, 4.69) is 19.2 Å². The van der Waals surface area contributed by atoms with Crippen molar-refractivity contribution in [3.63, 3.8) is 0 Å². The Kier molecular flexibility index (Phi) is 3.36. The summed E-state index contributed by atoms with van der Waals surface area (Å²) in [6, 6.07) is 0.345. The summed E-state index contributed by atoms with van der Waals surface area (Å²) in [6.45, 7) is 11.4. The molecular weight excluding hydrogens is 174 g/mol. The van der Waals surface area contributed by atoms with Crippen LogP contribution in [0, 0.1) is 17.3 Å². The van der Waals surface area contributed by atoms with Crippen molar-refractivity contribution in [2.75, 3.05) is 6.54 Å². The molecule has 3 unspecified atom stereocenters. The van der Waals surface area contributed by atoms with Gasteiger partial charge in [-0.3, -0.25) is 4.79 Å². The van der Waals surface area contributed by atoms with E-state index in [1.807, 2.05) is 20.8 Å². The first-order valence-corrected chi connectivity index (χ1v) is 5.60. The molecule has 3 atom stereocenters. The minimum Gasteiger partial charge on any atom is -0.313 e. The van der Waals surface area contributed by atoms with Gasteiger partial charge in [0.2, 0.25) is 0 Å². The number of hydrogen-bond acceptors (Lipinski definition) is 2. The fraction of sp³-hybridized carbons (Fsp3) is 0.917. The lowest BCUT2D eigenvalue weighted by atomic mass is 9.75. The van der Waals surface area contributed by atoms with E-state index in [9.17, 15) is 4.79 Å². The normalized spacial score (nSPS) is 34.2. The van der Waals surface area contributed by atoms with Crippen LogP contribution in [0.1, 0.15) is 41.0 Å². The summed E-state index contributed by atoms with van der Waals surface area (Å²) in [5.74, 6) is 1.24. The highest BCUT2D eigenvalue weighted by Gasteiger charge is 2.36. The molecule has 2 nitrogen and oxygen atoms in total. The zero-order chi connectivity index (χ0) is 10.9. The highest BCUT2D eigenvalue weighted by atomic mass is 16.1. The molecule has 0 amide bonds. The van der Waals surface area contributed by atoms with Crippen molar-refractivity contribution < 1.29 is 4.79 Å². The lowest BCUT2D eigenvalue weighted by Crippen LogP contribution is -2.48. The van der Waals surface area contributed by atoms with Gasteiger partial charge < -0.3 is 5.32 Å². The van der Waals surface area contributed by atoms with Crippen LogP contribution in [0.2, 0.25) is 0 Å². The van der Waals surface area contributed by atoms with Gasteiger partial charge in [0, 0.05) is 17.4 Å². The molecule has 1 rings (SSSR count). The predicted molar refractivity (Wildman–Crippen MR) is 59.2 cm³/mol. The first kappa shape index (κ1) is 11.7. The lowest BCUT2D eigenvalue weighted by Gasteiger charge is -2.36. The summed E-state index contributed by atoms with van der Waals surface area (Å²) in [4.78, 5) is 12.1. The molecule has 1 fully saturated rings. The van der Waals surface area contributed by atoms with Crippen molar-refractivity contribution in [3.8, 4) is 0 Å². The molecule has 0 saturated carbocycles. The smallest absolute Gasteiger partial charge is 0.142 e. The monoisotopic (exact) mass is 197 g/mol.